The molecule has 1 N–H and O–H groups in total. The van der Waals surface area contributed by atoms with Crippen molar-refractivity contribution in [2.45, 2.75) is 154 Å². The number of hydrogen-bond acceptors (Lipinski definition) is 14. The van der Waals surface area contributed by atoms with Crippen LogP contribution in [0.4, 0.5) is 20.1 Å². The number of fused-ring (bicyclic) bond motifs is 4. The van der Waals surface area contributed by atoms with Gasteiger partial charge in [0.15, 0.2) is 17.8 Å². The van der Waals surface area contributed by atoms with E-state index in [9.17, 15) is 24.3 Å². The van der Waals surface area contributed by atoms with Gasteiger partial charge in [-0.3, -0.25) is 14.8 Å². The zero-order valence-corrected chi connectivity index (χ0v) is 38.1. The van der Waals surface area contributed by atoms with Gasteiger partial charge in [0.05, 0.1) is 17.8 Å². The predicted octanol–water partition coefficient (Wildman–Crippen LogP) is 7.27. The van der Waals surface area contributed by atoms with E-state index < -0.39 is 95.4 Å². The van der Waals surface area contributed by atoms with Crippen molar-refractivity contribution in [3.8, 4) is 0 Å². The minimum absolute atomic E-state index is 0.0827. The van der Waals surface area contributed by atoms with Gasteiger partial charge in [0.2, 0.25) is 6.23 Å². The summed E-state index contributed by atoms with van der Waals surface area (Å²) in [5, 5.41) is 14.8. The van der Waals surface area contributed by atoms with Gasteiger partial charge < -0.3 is 38.4 Å². The molecule has 0 aromatic heterocycles. The minimum Gasteiger partial charge on any atom is -0.454 e. The van der Waals surface area contributed by atoms with Crippen LogP contribution in [0.3, 0.4) is 0 Å². The molecule has 0 radical (unpaired) electrons. The van der Waals surface area contributed by atoms with E-state index in [4.69, 9.17) is 44.9 Å². The highest BCUT2D eigenvalue weighted by Crippen LogP contribution is 2.56. The Bertz CT molecular complexity index is 1930. The predicted molar refractivity (Wildman–Crippen MR) is 221 cm³/mol. The second-order valence-corrected chi connectivity index (χ2v) is 19.7. The van der Waals surface area contributed by atoms with E-state index in [0.29, 0.717) is 36.2 Å². The smallest absolute Gasteiger partial charge is 0.454 e. The molecule has 2 saturated carbocycles. The van der Waals surface area contributed by atoms with Gasteiger partial charge in [-0.05, 0) is 104 Å². The quantitative estimate of drug-likeness (QED) is 0.157. The van der Waals surface area contributed by atoms with Crippen molar-refractivity contribution >= 4 is 47.6 Å². The minimum atomic E-state index is -1.90. The maximum absolute atomic E-state index is 15.2. The molecule has 2 heterocycles. The first-order valence-electron chi connectivity index (χ1n) is 21.1. The normalized spacial score (nSPS) is 31.3. The molecule has 0 bridgehead atoms. The van der Waals surface area contributed by atoms with Crippen LogP contribution in [0, 0.1) is 23.7 Å². The first-order valence-corrected chi connectivity index (χ1v) is 21.5. The van der Waals surface area contributed by atoms with Crippen LogP contribution in [0.2, 0.25) is 5.02 Å². The number of benzene rings is 1. The average molecular weight is 876 g/mol. The number of anilines is 1. The second-order valence-electron chi connectivity index (χ2n) is 19.3. The lowest BCUT2D eigenvalue weighted by molar-refractivity contribution is -0.227. The number of rotatable bonds is 8. The van der Waals surface area contributed by atoms with Gasteiger partial charge in [-0.25, -0.2) is 24.0 Å². The number of amides is 2. The summed E-state index contributed by atoms with van der Waals surface area (Å²) in [6.07, 6.45) is -2.18. The molecule has 1 aromatic carbocycles. The molecule has 338 valence electrons. The molecule has 6 rings (SSSR count). The topological polar surface area (TPSA) is 180 Å². The zero-order chi connectivity index (χ0) is 45.1. The average Bonchev–Trinajstić information content (AvgIpc) is 3.93. The second kappa shape index (κ2) is 16.8. The number of esters is 2. The number of carbonyl (C=O) groups is 5. The van der Waals surface area contributed by atoms with E-state index in [1.807, 2.05) is 19.9 Å². The first kappa shape index (κ1) is 46.2. The Hall–Kier alpha value is -4.28. The fraction of sp³-hybridized carbons (Fsp3) is 0.705. The van der Waals surface area contributed by atoms with Crippen LogP contribution in [-0.2, 0) is 48.4 Å². The van der Waals surface area contributed by atoms with E-state index in [0.717, 1.165) is 17.7 Å². The van der Waals surface area contributed by atoms with E-state index in [-0.39, 0.29) is 22.9 Å². The van der Waals surface area contributed by atoms with Crippen molar-refractivity contribution < 1.29 is 62.3 Å². The zero-order valence-electron chi connectivity index (χ0n) is 37.3. The Morgan fingerprint density at radius 3 is 2.26 bits per heavy atom. The van der Waals surface area contributed by atoms with Gasteiger partial charge in [0, 0.05) is 44.5 Å². The van der Waals surface area contributed by atoms with Gasteiger partial charge >= 0.3 is 30.3 Å². The Kier molecular flexibility index (Phi) is 12.7. The molecule has 2 amide bonds. The standard InChI is InChI=1S/C44H62ClN3O13/c1-23-20-30-28(24(2)22-47(27-17-18-27)38(51)55-12)19-16-25(3)44(30,54)35(34(23)56-26(4)49)57-36(50)32-21-43(60-40(53)59-42(8,9)10)29-14-13-15-31(45)33(29)46(11)61-37(43)48(32)39(52)58-41(5,6)7/h13-15,20,24-25,27-28,30,32,34-35,37,54H,16-19,21-22H2,1-12H3/t24?,25-,28+,30-,32+,34-,35+,37-,43-,44-/m1/s1. The summed E-state index contributed by atoms with van der Waals surface area (Å²) in [5.41, 5.74) is -4.52. The molecule has 1 aromatic rings. The molecule has 17 heteroatoms. The number of ether oxygens (including phenoxy) is 6. The maximum atomic E-state index is 15.2. The van der Waals surface area contributed by atoms with Gasteiger partial charge in [-0.2, -0.15) is 0 Å². The third-order valence-corrected chi connectivity index (χ3v) is 12.8. The Balaban J connectivity index is 1.44. The number of para-hydroxylation sites is 1. The van der Waals surface area contributed by atoms with Gasteiger partial charge in [0.1, 0.15) is 22.8 Å². The molecule has 0 spiro atoms. The van der Waals surface area contributed by atoms with Crippen LogP contribution in [0.1, 0.15) is 107 Å². The van der Waals surface area contributed by atoms with E-state index in [1.165, 1.54) is 19.1 Å². The van der Waals surface area contributed by atoms with E-state index >= 15 is 4.79 Å². The highest BCUT2D eigenvalue weighted by Gasteiger charge is 2.67. The molecule has 5 aliphatic rings. The number of hydroxylamine groups is 1. The molecule has 2 aliphatic heterocycles. The number of halogens is 1. The summed E-state index contributed by atoms with van der Waals surface area (Å²) >= 11 is 6.72. The lowest BCUT2D eigenvalue weighted by Crippen LogP contribution is -2.66. The van der Waals surface area contributed by atoms with Gasteiger partial charge in [0.25, 0.3) is 0 Å². The molecule has 61 heavy (non-hydrogen) atoms. The van der Waals surface area contributed by atoms with Crippen molar-refractivity contribution in [1.29, 1.82) is 0 Å². The number of likely N-dealkylation sites (tertiary alicyclic amines) is 1. The molecule has 16 nitrogen and oxygen atoms in total. The van der Waals surface area contributed by atoms with Gasteiger partial charge in [-0.15, -0.1) is 0 Å². The molecule has 1 saturated heterocycles. The van der Waals surface area contributed by atoms with E-state index in [2.05, 4.69) is 0 Å². The van der Waals surface area contributed by atoms with Crippen molar-refractivity contribution in [1.82, 2.24) is 9.80 Å². The third kappa shape index (κ3) is 8.99. The van der Waals surface area contributed by atoms with Crippen LogP contribution in [-0.4, -0.2) is 113 Å². The SMILES string of the molecule is COC(=O)N(CC(C)[C@@H]1CC[C@@H](C)[C@@]2(O)[C@@H]1C=C(C)[C@@H](OC(C)=O)[C@@H]2OC(=O)[C@@H]1C[C@@]2(OC(=O)OC(C)(C)C)c3cccc(Cl)c3N(C)O[C@H]2N1C(=O)OC(C)(C)C)C1CC1. The summed E-state index contributed by atoms with van der Waals surface area (Å²) in [5.74, 6) is -3.05. The molecular weight excluding hydrogens is 814 g/mol. The van der Waals surface area contributed by atoms with Crippen molar-refractivity contribution in [3.05, 3.63) is 40.4 Å². The van der Waals surface area contributed by atoms with Crippen LogP contribution in [0.5, 0.6) is 0 Å². The summed E-state index contributed by atoms with van der Waals surface area (Å²) < 4.78 is 35.2. The molecule has 3 fully saturated rings. The van der Waals surface area contributed by atoms with Crippen molar-refractivity contribution in [2.75, 3.05) is 25.8 Å². The van der Waals surface area contributed by atoms with Crippen molar-refractivity contribution in [2.24, 2.45) is 23.7 Å². The molecule has 1 unspecified atom stereocenters. The summed E-state index contributed by atoms with van der Waals surface area (Å²) in [7, 11) is 2.92. The van der Waals surface area contributed by atoms with Crippen molar-refractivity contribution in [3.63, 3.8) is 0 Å². The Morgan fingerprint density at radius 2 is 1.67 bits per heavy atom. The number of aliphatic hydroxyl groups is 1. The fourth-order valence-electron chi connectivity index (χ4n) is 9.70. The van der Waals surface area contributed by atoms with E-state index in [1.54, 1.807) is 78.6 Å². The lowest BCUT2D eigenvalue weighted by Gasteiger charge is -2.56. The number of methoxy groups -OCH3 is 1. The number of hydrogen-bond donors (Lipinski definition) is 1. The Labute approximate surface area is 363 Å². The van der Waals surface area contributed by atoms with Crippen LogP contribution in [0.15, 0.2) is 29.8 Å². The maximum Gasteiger partial charge on any atom is 0.509 e. The summed E-state index contributed by atoms with van der Waals surface area (Å²) in [6, 6.07) is 3.45. The highest BCUT2D eigenvalue weighted by atomic mass is 35.5. The largest absolute Gasteiger partial charge is 0.509 e. The fourth-order valence-corrected chi connectivity index (χ4v) is 9.99. The Morgan fingerprint density at radius 1 is 1.02 bits per heavy atom. The molecule has 10 atom stereocenters. The third-order valence-electron chi connectivity index (χ3n) is 12.5. The van der Waals surface area contributed by atoms with Gasteiger partial charge in [-0.1, -0.05) is 43.7 Å². The summed E-state index contributed by atoms with van der Waals surface area (Å²) in [6.45, 7) is 17.3. The summed E-state index contributed by atoms with van der Waals surface area (Å²) in [4.78, 5) is 78.0. The van der Waals surface area contributed by atoms with Crippen LogP contribution < -0.4 is 5.06 Å². The monoisotopic (exact) mass is 875 g/mol. The molecular formula is C44H62ClN3O13. The molecule has 3 aliphatic carbocycles. The first-order chi connectivity index (χ1) is 28.3. The lowest BCUT2D eigenvalue weighted by atomic mass is 9.55. The van der Waals surface area contributed by atoms with Crippen LogP contribution >= 0.6 is 11.6 Å². The van der Waals surface area contributed by atoms with Crippen LogP contribution in [0.25, 0.3) is 0 Å². The number of nitrogens with zero attached hydrogens (tertiary/aromatic N) is 3. The number of carbonyl (C=O) groups excluding carboxylic acids is 5. The highest BCUT2D eigenvalue weighted by molar-refractivity contribution is 6.33.